The van der Waals surface area contributed by atoms with Gasteiger partial charge in [-0.05, 0) is 80.2 Å². The molecule has 1 aromatic rings. The molecule has 0 aliphatic heterocycles. The van der Waals surface area contributed by atoms with E-state index in [0.29, 0.717) is 17.0 Å². The Morgan fingerprint density at radius 3 is 2.39 bits per heavy atom. The fourth-order valence-electron chi connectivity index (χ4n) is 4.79. The van der Waals surface area contributed by atoms with Crippen molar-refractivity contribution >= 4 is 0 Å². The van der Waals surface area contributed by atoms with Gasteiger partial charge in [-0.15, -0.1) is 6.58 Å². The number of halogens is 2. The SMILES string of the molecule is C=CC1CCCC(C2CCC(c3ccc(C)c(F)c3F)CC2)C1. The maximum atomic E-state index is 14.2. The molecule has 2 saturated carbocycles. The van der Waals surface area contributed by atoms with E-state index in [0.717, 1.165) is 37.5 Å². The lowest BCUT2D eigenvalue weighted by Gasteiger charge is -2.38. The Balaban J connectivity index is 1.62. The largest absolute Gasteiger partial charge is 0.203 e. The van der Waals surface area contributed by atoms with Crippen LogP contribution in [-0.4, -0.2) is 0 Å². The van der Waals surface area contributed by atoms with Gasteiger partial charge in [0.25, 0.3) is 0 Å². The zero-order valence-electron chi connectivity index (χ0n) is 14.2. The summed E-state index contributed by atoms with van der Waals surface area (Å²) in [6.07, 6.45) is 11.7. The summed E-state index contributed by atoms with van der Waals surface area (Å²) in [5.41, 5.74) is 0.997. The molecule has 1 aromatic carbocycles. The van der Waals surface area contributed by atoms with Gasteiger partial charge in [-0.1, -0.05) is 31.1 Å². The van der Waals surface area contributed by atoms with Crippen molar-refractivity contribution in [3.05, 3.63) is 47.5 Å². The van der Waals surface area contributed by atoms with Crippen molar-refractivity contribution in [2.24, 2.45) is 17.8 Å². The Bertz CT molecular complexity index is 555. The zero-order valence-corrected chi connectivity index (χ0v) is 14.2. The second-order valence-corrected chi connectivity index (χ2v) is 7.63. The van der Waals surface area contributed by atoms with Crippen molar-refractivity contribution in [3.8, 4) is 0 Å². The molecule has 0 bridgehead atoms. The fourth-order valence-corrected chi connectivity index (χ4v) is 4.79. The van der Waals surface area contributed by atoms with E-state index in [9.17, 15) is 8.78 Å². The van der Waals surface area contributed by atoms with Crippen LogP contribution in [0.4, 0.5) is 8.78 Å². The van der Waals surface area contributed by atoms with E-state index < -0.39 is 11.6 Å². The maximum Gasteiger partial charge on any atom is 0.162 e. The van der Waals surface area contributed by atoms with Crippen LogP contribution in [0, 0.1) is 36.3 Å². The maximum absolute atomic E-state index is 14.2. The first-order valence-electron chi connectivity index (χ1n) is 9.17. The van der Waals surface area contributed by atoms with Gasteiger partial charge in [-0.3, -0.25) is 0 Å². The molecule has 126 valence electrons. The number of hydrogen-bond donors (Lipinski definition) is 0. The molecule has 0 N–H and O–H groups in total. The number of aryl methyl sites for hydroxylation is 1. The minimum absolute atomic E-state index is 0.195. The summed E-state index contributed by atoms with van der Waals surface area (Å²) >= 11 is 0. The first-order valence-corrected chi connectivity index (χ1v) is 9.17. The van der Waals surface area contributed by atoms with E-state index in [1.165, 1.54) is 25.7 Å². The smallest absolute Gasteiger partial charge is 0.162 e. The molecule has 2 fully saturated rings. The normalized spacial score (nSPS) is 31.8. The average Bonchev–Trinajstić information content (AvgIpc) is 2.60. The third-order valence-corrected chi connectivity index (χ3v) is 6.27. The monoisotopic (exact) mass is 318 g/mol. The molecule has 2 unspecified atom stereocenters. The van der Waals surface area contributed by atoms with Crippen molar-refractivity contribution < 1.29 is 8.78 Å². The van der Waals surface area contributed by atoms with E-state index in [-0.39, 0.29) is 5.92 Å². The number of hydrogen-bond acceptors (Lipinski definition) is 0. The molecule has 2 heteroatoms. The molecular formula is C21H28F2. The molecule has 2 atom stereocenters. The van der Waals surface area contributed by atoms with Gasteiger partial charge < -0.3 is 0 Å². The van der Waals surface area contributed by atoms with Crippen LogP contribution in [-0.2, 0) is 0 Å². The Hall–Kier alpha value is -1.18. The van der Waals surface area contributed by atoms with Crippen molar-refractivity contribution in [3.63, 3.8) is 0 Å². The Morgan fingerprint density at radius 2 is 1.70 bits per heavy atom. The van der Waals surface area contributed by atoms with Crippen molar-refractivity contribution in [2.45, 2.75) is 64.2 Å². The summed E-state index contributed by atoms with van der Waals surface area (Å²) in [5, 5.41) is 0. The molecule has 2 aliphatic carbocycles. The molecule has 0 aromatic heterocycles. The minimum Gasteiger partial charge on any atom is -0.203 e. The van der Waals surface area contributed by atoms with Gasteiger partial charge in [0, 0.05) is 0 Å². The second-order valence-electron chi connectivity index (χ2n) is 7.63. The Morgan fingerprint density at radius 1 is 0.957 bits per heavy atom. The van der Waals surface area contributed by atoms with Gasteiger partial charge in [0.15, 0.2) is 11.6 Å². The summed E-state index contributed by atoms with van der Waals surface area (Å²) in [4.78, 5) is 0. The molecule has 3 rings (SSSR count). The number of benzene rings is 1. The van der Waals surface area contributed by atoms with Crippen LogP contribution in [0.3, 0.4) is 0 Å². The van der Waals surface area contributed by atoms with Crippen LogP contribution in [0.1, 0.15) is 68.4 Å². The second kappa shape index (κ2) is 7.15. The van der Waals surface area contributed by atoms with Gasteiger partial charge in [-0.25, -0.2) is 8.78 Å². The number of rotatable bonds is 3. The highest BCUT2D eigenvalue weighted by atomic mass is 19.2. The van der Waals surface area contributed by atoms with Crippen LogP contribution in [0.25, 0.3) is 0 Å². The van der Waals surface area contributed by atoms with Crippen LogP contribution < -0.4 is 0 Å². The third kappa shape index (κ3) is 3.51. The van der Waals surface area contributed by atoms with Crippen LogP contribution >= 0.6 is 0 Å². The van der Waals surface area contributed by atoms with Crippen LogP contribution in [0.5, 0.6) is 0 Å². The predicted molar refractivity (Wildman–Crippen MR) is 91.4 cm³/mol. The molecule has 0 heterocycles. The van der Waals surface area contributed by atoms with E-state index in [4.69, 9.17) is 0 Å². The van der Waals surface area contributed by atoms with E-state index in [1.54, 1.807) is 19.1 Å². The zero-order chi connectivity index (χ0) is 16.4. The van der Waals surface area contributed by atoms with Crippen molar-refractivity contribution in [2.75, 3.05) is 0 Å². The van der Waals surface area contributed by atoms with Gasteiger partial charge in [0.2, 0.25) is 0 Å². The van der Waals surface area contributed by atoms with Crippen LogP contribution in [0.2, 0.25) is 0 Å². The summed E-state index contributed by atoms with van der Waals surface area (Å²) < 4.78 is 28.0. The standard InChI is InChI=1S/C21H28F2/c1-3-15-5-4-6-18(13-15)16-8-10-17(11-9-16)19-12-7-14(2)20(22)21(19)23/h3,7,12,15-18H,1,4-6,8-11,13H2,2H3. The lowest BCUT2D eigenvalue weighted by Crippen LogP contribution is -2.26. The van der Waals surface area contributed by atoms with Crippen molar-refractivity contribution in [1.29, 1.82) is 0 Å². The van der Waals surface area contributed by atoms with E-state index in [2.05, 4.69) is 12.7 Å². The molecule has 0 saturated heterocycles. The Kier molecular flexibility index (Phi) is 5.18. The highest BCUT2D eigenvalue weighted by Crippen LogP contribution is 2.44. The summed E-state index contributed by atoms with van der Waals surface area (Å²) in [7, 11) is 0. The first kappa shape index (κ1) is 16.7. The molecule has 2 aliphatic rings. The van der Waals surface area contributed by atoms with Gasteiger partial charge in [0.1, 0.15) is 0 Å². The van der Waals surface area contributed by atoms with Crippen molar-refractivity contribution in [1.82, 2.24) is 0 Å². The third-order valence-electron chi connectivity index (χ3n) is 6.27. The molecule has 23 heavy (non-hydrogen) atoms. The molecule has 0 spiro atoms. The molecule has 0 amide bonds. The topological polar surface area (TPSA) is 0 Å². The molecule has 0 nitrogen and oxygen atoms in total. The molecular weight excluding hydrogens is 290 g/mol. The van der Waals surface area contributed by atoms with E-state index >= 15 is 0 Å². The van der Waals surface area contributed by atoms with Gasteiger partial charge in [0.05, 0.1) is 0 Å². The Labute approximate surface area is 139 Å². The minimum atomic E-state index is -0.661. The van der Waals surface area contributed by atoms with Gasteiger partial charge in [-0.2, -0.15) is 0 Å². The fraction of sp³-hybridized carbons (Fsp3) is 0.619. The summed E-state index contributed by atoms with van der Waals surface area (Å²) in [5.74, 6) is 1.19. The highest BCUT2D eigenvalue weighted by Gasteiger charge is 2.32. The summed E-state index contributed by atoms with van der Waals surface area (Å²) in [6, 6.07) is 3.52. The first-order chi connectivity index (χ1) is 11.1. The highest BCUT2D eigenvalue weighted by molar-refractivity contribution is 5.28. The quantitative estimate of drug-likeness (QED) is 0.555. The van der Waals surface area contributed by atoms with Gasteiger partial charge >= 0.3 is 0 Å². The molecule has 0 radical (unpaired) electrons. The number of allylic oxidation sites excluding steroid dienone is 1. The lowest BCUT2D eigenvalue weighted by atomic mass is 9.68. The average molecular weight is 318 g/mol. The summed E-state index contributed by atoms with van der Waals surface area (Å²) in [6.45, 7) is 5.59. The van der Waals surface area contributed by atoms with Crippen LogP contribution in [0.15, 0.2) is 24.8 Å². The van der Waals surface area contributed by atoms with E-state index in [1.807, 2.05) is 0 Å². The predicted octanol–water partition coefficient (Wildman–Crippen LogP) is 6.54. The lowest BCUT2D eigenvalue weighted by molar-refractivity contribution is 0.166.